The highest BCUT2D eigenvalue weighted by molar-refractivity contribution is 7.89. The lowest BCUT2D eigenvalue weighted by atomic mass is 9.99. The molecule has 0 aromatic heterocycles. The van der Waals surface area contributed by atoms with E-state index in [9.17, 15) is 18.6 Å². The van der Waals surface area contributed by atoms with Crippen LogP contribution in [-0.2, 0) is 16.6 Å². The van der Waals surface area contributed by atoms with Crippen molar-refractivity contribution in [2.45, 2.75) is 57.4 Å². The number of sulfonamides is 1. The van der Waals surface area contributed by atoms with Gasteiger partial charge in [-0.2, -0.15) is 4.31 Å². The van der Waals surface area contributed by atoms with E-state index in [4.69, 9.17) is 4.74 Å². The third-order valence-electron chi connectivity index (χ3n) is 7.45. The molecule has 41 heavy (non-hydrogen) atoms. The maximum atomic E-state index is 13.7. The Morgan fingerprint density at radius 1 is 1.10 bits per heavy atom. The van der Waals surface area contributed by atoms with Gasteiger partial charge in [0.25, 0.3) is 0 Å². The number of hydrogen-bond donors (Lipinski definition) is 2. The van der Waals surface area contributed by atoms with E-state index in [1.54, 1.807) is 26.0 Å². The maximum Gasteiger partial charge on any atom is 0.247 e. The van der Waals surface area contributed by atoms with Gasteiger partial charge in [0.2, 0.25) is 10.0 Å². The number of hydrogen-bond acceptors (Lipinski definition) is 6. The molecule has 0 saturated carbocycles. The van der Waals surface area contributed by atoms with Crippen LogP contribution in [0.3, 0.4) is 0 Å². The van der Waals surface area contributed by atoms with E-state index in [1.807, 2.05) is 20.0 Å². The molecule has 0 amide bonds. The standard InChI is InChI=1S/C33H40N2O5S/c1-23-8-6-7-9-30(23)29-15-12-28(13-16-29)20-34(5)21-32-24(2)19-35(25(3)22-36)41(38,39)33-17-14-27(11-10-26(4)37)18-31(33)40-32/h6-9,12-18,24-26,32,36-37H,19-22H2,1-5H3/t24-,25-,26+,32-/m0/s1. The number of fused-ring (bicyclic) bond motifs is 1. The Balaban J connectivity index is 1.59. The number of benzene rings is 3. The molecule has 8 heteroatoms. The summed E-state index contributed by atoms with van der Waals surface area (Å²) in [4.78, 5) is 2.23. The van der Waals surface area contributed by atoms with Crippen molar-refractivity contribution < 1.29 is 23.4 Å². The van der Waals surface area contributed by atoms with Gasteiger partial charge >= 0.3 is 0 Å². The molecule has 3 aromatic carbocycles. The molecule has 218 valence electrons. The number of aryl methyl sites for hydroxylation is 1. The number of rotatable bonds is 7. The molecule has 4 atom stereocenters. The third-order valence-corrected chi connectivity index (χ3v) is 9.47. The predicted molar refractivity (Wildman–Crippen MR) is 162 cm³/mol. The first-order chi connectivity index (χ1) is 19.5. The summed E-state index contributed by atoms with van der Waals surface area (Å²) < 4.78 is 35.2. The molecule has 0 spiro atoms. The van der Waals surface area contributed by atoms with Gasteiger partial charge in [-0.15, -0.1) is 0 Å². The van der Waals surface area contributed by atoms with Crippen LogP contribution in [-0.4, -0.2) is 72.8 Å². The monoisotopic (exact) mass is 576 g/mol. The molecule has 7 nitrogen and oxygen atoms in total. The van der Waals surface area contributed by atoms with Crippen LogP contribution in [0.25, 0.3) is 11.1 Å². The summed E-state index contributed by atoms with van der Waals surface area (Å²) in [7, 11) is -1.90. The summed E-state index contributed by atoms with van der Waals surface area (Å²) in [6, 6.07) is 21.1. The smallest absolute Gasteiger partial charge is 0.247 e. The number of nitrogens with zero attached hydrogens (tertiary/aromatic N) is 2. The average Bonchev–Trinajstić information content (AvgIpc) is 2.94. The maximum absolute atomic E-state index is 13.7. The first-order valence-electron chi connectivity index (χ1n) is 14.0. The van der Waals surface area contributed by atoms with E-state index in [0.717, 1.165) is 5.56 Å². The topological polar surface area (TPSA) is 90.3 Å². The van der Waals surface area contributed by atoms with Crippen LogP contribution < -0.4 is 4.74 Å². The molecule has 0 radical (unpaired) electrons. The molecule has 0 fully saturated rings. The van der Waals surface area contributed by atoms with Crippen LogP contribution in [0.1, 0.15) is 37.5 Å². The predicted octanol–water partition coefficient (Wildman–Crippen LogP) is 4.29. The van der Waals surface area contributed by atoms with Gasteiger partial charge in [-0.05, 0) is 68.3 Å². The van der Waals surface area contributed by atoms with Crippen molar-refractivity contribution in [2.24, 2.45) is 5.92 Å². The Hall–Kier alpha value is -3.19. The van der Waals surface area contributed by atoms with E-state index in [0.29, 0.717) is 18.7 Å². The van der Waals surface area contributed by atoms with Crippen molar-refractivity contribution in [3.05, 3.63) is 83.4 Å². The van der Waals surface area contributed by atoms with Gasteiger partial charge in [0, 0.05) is 37.2 Å². The number of aliphatic hydroxyl groups excluding tert-OH is 2. The van der Waals surface area contributed by atoms with E-state index in [-0.39, 0.29) is 35.8 Å². The molecule has 0 unspecified atom stereocenters. The van der Waals surface area contributed by atoms with Gasteiger partial charge in [0.1, 0.15) is 22.9 Å². The summed E-state index contributed by atoms with van der Waals surface area (Å²) >= 11 is 0. The van der Waals surface area contributed by atoms with Gasteiger partial charge < -0.3 is 14.9 Å². The van der Waals surface area contributed by atoms with Crippen LogP contribution in [0.15, 0.2) is 71.6 Å². The zero-order valence-electron chi connectivity index (χ0n) is 24.4. The second-order valence-electron chi connectivity index (χ2n) is 11.1. The molecule has 2 N–H and O–H groups in total. The molecule has 0 bridgehead atoms. The fourth-order valence-electron chi connectivity index (χ4n) is 5.08. The van der Waals surface area contributed by atoms with Crippen molar-refractivity contribution in [1.82, 2.24) is 9.21 Å². The molecule has 0 aliphatic carbocycles. The summed E-state index contributed by atoms with van der Waals surface area (Å²) in [6.45, 7) is 8.55. The van der Waals surface area contributed by atoms with Crippen molar-refractivity contribution >= 4 is 10.0 Å². The average molecular weight is 577 g/mol. The molecule has 1 heterocycles. The van der Waals surface area contributed by atoms with Gasteiger partial charge in [0.05, 0.1) is 6.61 Å². The van der Waals surface area contributed by atoms with E-state index < -0.39 is 22.2 Å². The van der Waals surface area contributed by atoms with E-state index in [2.05, 4.69) is 66.1 Å². The lowest BCUT2D eigenvalue weighted by molar-refractivity contribution is 0.0733. The Bertz CT molecular complexity index is 1510. The minimum absolute atomic E-state index is 0.0479. The summed E-state index contributed by atoms with van der Waals surface area (Å²) in [5.74, 6) is 5.65. The molecule has 3 aromatic rings. The largest absolute Gasteiger partial charge is 0.487 e. The highest BCUT2D eigenvalue weighted by atomic mass is 32.2. The van der Waals surface area contributed by atoms with Crippen LogP contribution >= 0.6 is 0 Å². The van der Waals surface area contributed by atoms with Crippen molar-refractivity contribution in [2.75, 3.05) is 26.7 Å². The molecular weight excluding hydrogens is 536 g/mol. The van der Waals surface area contributed by atoms with Crippen molar-refractivity contribution in [3.63, 3.8) is 0 Å². The number of aliphatic hydroxyl groups is 2. The first-order valence-corrected chi connectivity index (χ1v) is 15.4. The Labute approximate surface area is 244 Å². The van der Waals surface area contributed by atoms with E-state index >= 15 is 0 Å². The van der Waals surface area contributed by atoms with Crippen LogP contribution in [0.2, 0.25) is 0 Å². The molecule has 1 aliphatic heterocycles. The minimum atomic E-state index is -3.93. The quantitative estimate of drug-likeness (QED) is 0.408. The Morgan fingerprint density at radius 3 is 2.46 bits per heavy atom. The molecular formula is C33H40N2O5S. The number of ether oxygens (including phenoxy) is 1. The van der Waals surface area contributed by atoms with Crippen molar-refractivity contribution in [1.29, 1.82) is 0 Å². The highest BCUT2D eigenvalue weighted by Crippen LogP contribution is 2.34. The van der Waals surface area contributed by atoms with Crippen LogP contribution in [0, 0.1) is 24.7 Å². The number of likely N-dealkylation sites (N-methyl/N-ethyl adjacent to an activating group) is 1. The lowest BCUT2D eigenvalue weighted by Gasteiger charge is -2.37. The fraction of sp³-hybridized carbons (Fsp3) is 0.394. The van der Waals surface area contributed by atoms with Crippen LogP contribution in [0.4, 0.5) is 0 Å². The first kappa shape index (κ1) is 30.8. The van der Waals surface area contributed by atoms with Crippen molar-refractivity contribution in [3.8, 4) is 28.7 Å². The third kappa shape index (κ3) is 7.37. The molecule has 0 saturated heterocycles. The van der Waals surface area contributed by atoms with Gasteiger partial charge in [-0.25, -0.2) is 8.42 Å². The summed E-state index contributed by atoms with van der Waals surface area (Å²) in [6.07, 6.45) is -1.14. The Kier molecular flexibility index (Phi) is 9.90. The second-order valence-corrected chi connectivity index (χ2v) is 12.9. The lowest BCUT2D eigenvalue weighted by Crippen LogP contribution is -2.49. The summed E-state index contributed by atoms with van der Waals surface area (Å²) in [5.41, 5.74) is 5.35. The van der Waals surface area contributed by atoms with Gasteiger partial charge in [0.15, 0.2) is 0 Å². The minimum Gasteiger partial charge on any atom is -0.487 e. The molecule has 1 aliphatic rings. The normalized spacial score (nSPS) is 20.1. The van der Waals surface area contributed by atoms with Crippen LogP contribution in [0.5, 0.6) is 5.75 Å². The second kappa shape index (κ2) is 13.2. The van der Waals surface area contributed by atoms with E-state index in [1.165, 1.54) is 27.1 Å². The highest BCUT2D eigenvalue weighted by Gasteiger charge is 2.38. The van der Waals surface area contributed by atoms with Gasteiger partial charge in [-0.1, -0.05) is 67.3 Å². The summed E-state index contributed by atoms with van der Waals surface area (Å²) in [5, 5.41) is 19.5. The molecule has 4 rings (SSSR count). The zero-order valence-corrected chi connectivity index (χ0v) is 25.2. The zero-order chi connectivity index (χ0) is 29.7. The fourth-order valence-corrected chi connectivity index (χ4v) is 6.90. The SMILES string of the molecule is Cc1ccccc1-c1ccc(CN(C)C[C@@H]2Oc3cc(C#C[C@@H](C)O)ccc3S(=O)(=O)N([C@@H](C)CO)C[C@@H]2C)cc1. The van der Waals surface area contributed by atoms with Gasteiger partial charge in [-0.3, -0.25) is 4.90 Å². The Morgan fingerprint density at radius 2 is 1.80 bits per heavy atom.